The van der Waals surface area contributed by atoms with E-state index in [0.717, 1.165) is 16.9 Å². The van der Waals surface area contributed by atoms with Gasteiger partial charge in [0.25, 0.3) is 0 Å². The summed E-state index contributed by atoms with van der Waals surface area (Å²) >= 11 is 0. The number of para-hydroxylation sites is 2. The summed E-state index contributed by atoms with van der Waals surface area (Å²) in [7, 11) is 0. The first-order valence-corrected chi connectivity index (χ1v) is 9.13. The number of β-amino-alcohol motifs (C(OH)–C–C–N with tert-alkyl or cyclic N) is 1. The van der Waals surface area contributed by atoms with Crippen LogP contribution in [0.5, 0.6) is 0 Å². The number of benzene rings is 1. The second-order valence-corrected chi connectivity index (χ2v) is 7.16. The van der Waals surface area contributed by atoms with Crippen molar-refractivity contribution in [3.63, 3.8) is 0 Å². The van der Waals surface area contributed by atoms with E-state index in [0.29, 0.717) is 32.0 Å². The normalized spacial score (nSPS) is 22.4. The molecule has 5 nitrogen and oxygen atoms in total. The summed E-state index contributed by atoms with van der Waals surface area (Å²) in [5.74, 6) is 1.62. The maximum atomic E-state index is 12.7. The van der Waals surface area contributed by atoms with Gasteiger partial charge in [-0.25, -0.2) is 4.98 Å². The monoisotopic (exact) mass is 327 g/mol. The van der Waals surface area contributed by atoms with Crippen LogP contribution in [0, 0.1) is 0 Å². The van der Waals surface area contributed by atoms with Gasteiger partial charge in [0.05, 0.1) is 17.1 Å². The molecule has 2 aliphatic rings. The van der Waals surface area contributed by atoms with Crippen LogP contribution >= 0.6 is 0 Å². The lowest BCUT2D eigenvalue weighted by Gasteiger charge is -2.23. The second kappa shape index (κ2) is 6.55. The van der Waals surface area contributed by atoms with Gasteiger partial charge in [-0.15, -0.1) is 0 Å². The summed E-state index contributed by atoms with van der Waals surface area (Å²) in [5, 5.41) is 9.69. The van der Waals surface area contributed by atoms with Crippen molar-refractivity contribution in [2.75, 3.05) is 13.1 Å². The number of carbonyl (C=O) groups is 1. The highest BCUT2D eigenvalue weighted by molar-refractivity contribution is 5.81. The Morgan fingerprint density at radius 2 is 1.96 bits per heavy atom. The molecule has 1 aromatic heterocycles. The van der Waals surface area contributed by atoms with Crippen LogP contribution in [-0.4, -0.2) is 44.7 Å². The Kier molecular flexibility index (Phi) is 4.27. The molecule has 2 fully saturated rings. The van der Waals surface area contributed by atoms with Crippen LogP contribution in [0.15, 0.2) is 24.3 Å². The molecule has 0 radical (unpaired) electrons. The van der Waals surface area contributed by atoms with E-state index in [9.17, 15) is 9.90 Å². The van der Waals surface area contributed by atoms with Gasteiger partial charge >= 0.3 is 0 Å². The smallest absolute Gasteiger partial charge is 0.242 e. The molecule has 1 aliphatic carbocycles. The number of likely N-dealkylation sites (tertiary alicyclic amines) is 1. The van der Waals surface area contributed by atoms with E-state index in [1.807, 2.05) is 18.2 Å². The zero-order valence-electron chi connectivity index (χ0n) is 14.0. The van der Waals surface area contributed by atoms with Crippen LogP contribution in [-0.2, 0) is 11.3 Å². The van der Waals surface area contributed by atoms with Crippen molar-refractivity contribution in [1.29, 1.82) is 0 Å². The molecule has 1 N–H and O–H groups in total. The van der Waals surface area contributed by atoms with Crippen molar-refractivity contribution in [3.8, 4) is 0 Å². The van der Waals surface area contributed by atoms with Crippen molar-refractivity contribution in [2.24, 2.45) is 0 Å². The van der Waals surface area contributed by atoms with Crippen molar-refractivity contribution < 1.29 is 9.90 Å². The van der Waals surface area contributed by atoms with Gasteiger partial charge in [-0.2, -0.15) is 0 Å². The van der Waals surface area contributed by atoms with E-state index in [2.05, 4.69) is 10.6 Å². The Morgan fingerprint density at radius 1 is 1.17 bits per heavy atom. The van der Waals surface area contributed by atoms with Crippen LogP contribution in [0.25, 0.3) is 11.0 Å². The average molecular weight is 327 g/mol. The lowest BCUT2D eigenvalue weighted by molar-refractivity contribution is -0.131. The fourth-order valence-electron chi connectivity index (χ4n) is 4.14. The first-order chi connectivity index (χ1) is 11.7. The molecule has 2 aromatic rings. The zero-order chi connectivity index (χ0) is 16.5. The van der Waals surface area contributed by atoms with Gasteiger partial charge in [0, 0.05) is 19.0 Å². The van der Waals surface area contributed by atoms with Gasteiger partial charge in [-0.3, -0.25) is 4.79 Å². The lowest BCUT2D eigenvalue weighted by atomic mass is 9.88. The number of imidazole rings is 1. The Hall–Kier alpha value is -1.88. The molecule has 0 bridgehead atoms. The van der Waals surface area contributed by atoms with Gasteiger partial charge in [0.1, 0.15) is 12.4 Å². The first kappa shape index (κ1) is 15.6. The Labute approximate surface area is 142 Å². The summed E-state index contributed by atoms with van der Waals surface area (Å²) in [6, 6.07) is 8.10. The van der Waals surface area contributed by atoms with Crippen LogP contribution in [0.4, 0.5) is 0 Å². The Morgan fingerprint density at radius 3 is 2.71 bits per heavy atom. The number of hydrogen-bond donors (Lipinski definition) is 1. The summed E-state index contributed by atoms with van der Waals surface area (Å²) < 4.78 is 2.12. The number of amides is 1. The molecule has 0 unspecified atom stereocenters. The molecular formula is C19H25N3O2. The zero-order valence-corrected chi connectivity index (χ0v) is 14.0. The fourth-order valence-corrected chi connectivity index (χ4v) is 4.14. The predicted molar refractivity (Wildman–Crippen MR) is 92.8 cm³/mol. The number of aliphatic hydroxyl groups is 1. The van der Waals surface area contributed by atoms with Gasteiger partial charge in [-0.1, -0.05) is 31.4 Å². The van der Waals surface area contributed by atoms with Gasteiger partial charge < -0.3 is 14.6 Å². The number of carbonyl (C=O) groups excluding carboxylic acids is 1. The maximum Gasteiger partial charge on any atom is 0.242 e. The van der Waals surface area contributed by atoms with Crippen LogP contribution in [0.3, 0.4) is 0 Å². The van der Waals surface area contributed by atoms with E-state index < -0.39 is 0 Å². The van der Waals surface area contributed by atoms with Crippen molar-refractivity contribution in [3.05, 3.63) is 30.1 Å². The molecule has 4 rings (SSSR count). The third kappa shape index (κ3) is 2.93. The number of aliphatic hydroxyl groups excluding tert-OH is 1. The molecule has 128 valence electrons. The lowest BCUT2D eigenvalue weighted by Crippen LogP contribution is -2.33. The standard InChI is InChI=1S/C19H25N3O2/c23-15-10-11-21(12-15)18(24)13-22-17-9-5-4-8-16(17)20-19(22)14-6-2-1-3-7-14/h4-5,8-9,14-15,23H,1-3,6-7,10-13H2/t15-/m1/s1. The molecule has 0 spiro atoms. The molecule has 1 saturated carbocycles. The quantitative estimate of drug-likeness (QED) is 0.943. The highest BCUT2D eigenvalue weighted by Gasteiger charge is 2.27. The molecule has 24 heavy (non-hydrogen) atoms. The SMILES string of the molecule is O=C(Cn1c(C2CCCCC2)nc2ccccc21)N1CC[C@@H](O)C1. The molecule has 2 heterocycles. The number of rotatable bonds is 3. The highest BCUT2D eigenvalue weighted by Crippen LogP contribution is 2.34. The summed E-state index contributed by atoms with van der Waals surface area (Å²) in [4.78, 5) is 19.4. The summed E-state index contributed by atoms with van der Waals surface area (Å²) in [6.07, 6.45) is 6.46. The minimum Gasteiger partial charge on any atom is -0.391 e. The van der Waals surface area contributed by atoms with Crippen molar-refractivity contribution in [1.82, 2.24) is 14.5 Å². The topological polar surface area (TPSA) is 58.4 Å². The van der Waals surface area contributed by atoms with Crippen molar-refractivity contribution >= 4 is 16.9 Å². The number of hydrogen-bond acceptors (Lipinski definition) is 3. The fraction of sp³-hybridized carbons (Fsp3) is 0.579. The molecular weight excluding hydrogens is 302 g/mol. The van der Waals surface area contributed by atoms with Crippen LogP contribution in [0.2, 0.25) is 0 Å². The third-order valence-corrected chi connectivity index (χ3v) is 5.46. The molecule has 1 aliphatic heterocycles. The number of aromatic nitrogens is 2. The molecule has 5 heteroatoms. The first-order valence-electron chi connectivity index (χ1n) is 9.13. The van der Waals surface area contributed by atoms with E-state index in [-0.39, 0.29) is 12.0 Å². The number of fused-ring (bicyclic) bond motifs is 1. The van der Waals surface area contributed by atoms with Crippen LogP contribution in [0.1, 0.15) is 50.3 Å². The Balaban J connectivity index is 1.65. The van der Waals surface area contributed by atoms with E-state index in [1.54, 1.807) is 4.90 Å². The largest absolute Gasteiger partial charge is 0.391 e. The van der Waals surface area contributed by atoms with E-state index >= 15 is 0 Å². The minimum absolute atomic E-state index is 0.0896. The summed E-state index contributed by atoms with van der Waals surface area (Å²) in [6.45, 7) is 1.45. The summed E-state index contributed by atoms with van der Waals surface area (Å²) in [5.41, 5.74) is 2.03. The molecule has 1 saturated heterocycles. The van der Waals surface area contributed by atoms with Crippen molar-refractivity contribution in [2.45, 2.75) is 57.1 Å². The van der Waals surface area contributed by atoms with Gasteiger partial charge in [0.15, 0.2) is 0 Å². The number of nitrogens with zero attached hydrogens (tertiary/aromatic N) is 3. The minimum atomic E-state index is -0.369. The van der Waals surface area contributed by atoms with Gasteiger partial charge in [0.2, 0.25) is 5.91 Å². The molecule has 1 atom stereocenters. The highest BCUT2D eigenvalue weighted by atomic mass is 16.3. The van der Waals surface area contributed by atoms with E-state index in [1.165, 1.54) is 32.1 Å². The van der Waals surface area contributed by atoms with E-state index in [4.69, 9.17) is 4.98 Å². The maximum absolute atomic E-state index is 12.7. The van der Waals surface area contributed by atoms with Crippen LogP contribution < -0.4 is 0 Å². The predicted octanol–water partition coefficient (Wildman–Crippen LogP) is 2.68. The molecule has 1 aromatic carbocycles. The average Bonchev–Trinajstić information content (AvgIpc) is 3.20. The molecule has 1 amide bonds. The second-order valence-electron chi connectivity index (χ2n) is 7.16. The van der Waals surface area contributed by atoms with Gasteiger partial charge in [-0.05, 0) is 31.4 Å². The Bertz CT molecular complexity index is 733. The third-order valence-electron chi connectivity index (χ3n) is 5.46.